The molecular formula is C11H14N2O3. The van der Waals surface area contributed by atoms with Gasteiger partial charge in [-0.15, -0.1) is 0 Å². The van der Waals surface area contributed by atoms with Crippen molar-refractivity contribution < 1.29 is 14.3 Å². The Morgan fingerprint density at radius 1 is 1.50 bits per heavy atom. The molecule has 2 N–H and O–H groups in total. The summed E-state index contributed by atoms with van der Waals surface area (Å²) >= 11 is 0. The van der Waals surface area contributed by atoms with Gasteiger partial charge in [-0.1, -0.05) is 0 Å². The lowest BCUT2D eigenvalue weighted by atomic mass is 9.90. The fourth-order valence-electron chi connectivity index (χ4n) is 1.57. The summed E-state index contributed by atoms with van der Waals surface area (Å²) in [5.41, 5.74) is 5.93. The predicted octanol–water partition coefficient (Wildman–Crippen LogP) is 0.737. The van der Waals surface area contributed by atoms with E-state index in [4.69, 9.17) is 10.5 Å². The number of pyridine rings is 1. The number of nitrogens with zero attached hydrogens (tertiary/aromatic N) is 1. The molecule has 2 rings (SSSR count). The number of carbonyl (C=O) groups is 1. The lowest BCUT2D eigenvalue weighted by Gasteiger charge is -2.32. The van der Waals surface area contributed by atoms with Crippen molar-refractivity contribution in [2.45, 2.75) is 25.0 Å². The Morgan fingerprint density at radius 2 is 2.25 bits per heavy atom. The van der Waals surface area contributed by atoms with Crippen molar-refractivity contribution in [1.29, 1.82) is 0 Å². The van der Waals surface area contributed by atoms with E-state index in [9.17, 15) is 4.79 Å². The Balaban J connectivity index is 1.94. The molecule has 0 spiro atoms. The van der Waals surface area contributed by atoms with E-state index in [0.717, 1.165) is 12.8 Å². The molecule has 1 heterocycles. The Bertz CT molecular complexity index is 371. The van der Waals surface area contributed by atoms with Gasteiger partial charge >= 0.3 is 5.97 Å². The van der Waals surface area contributed by atoms with Gasteiger partial charge in [0, 0.05) is 6.04 Å². The van der Waals surface area contributed by atoms with E-state index in [1.54, 1.807) is 12.1 Å². The van der Waals surface area contributed by atoms with Gasteiger partial charge in [-0.3, -0.25) is 0 Å². The Labute approximate surface area is 93.6 Å². The largest absolute Gasteiger partial charge is 0.489 e. The third-order valence-electron chi connectivity index (χ3n) is 2.56. The van der Waals surface area contributed by atoms with Gasteiger partial charge in [-0.2, -0.15) is 0 Å². The van der Waals surface area contributed by atoms with Crippen molar-refractivity contribution in [2.24, 2.45) is 5.73 Å². The highest BCUT2D eigenvalue weighted by molar-refractivity contribution is 5.87. The molecule has 1 aliphatic rings. The van der Waals surface area contributed by atoms with Gasteiger partial charge in [0.15, 0.2) is 0 Å². The predicted molar refractivity (Wildman–Crippen MR) is 57.2 cm³/mol. The quantitative estimate of drug-likeness (QED) is 0.763. The third-order valence-corrected chi connectivity index (χ3v) is 2.56. The minimum atomic E-state index is -0.447. The van der Waals surface area contributed by atoms with Crippen LogP contribution in [0.25, 0.3) is 0 Å². The van der Waals surface area contributed by atoms with Crippen molar-refractivity contribution in [3.8, 4) is 5.75 Å². The van der Waals surface area contributed by atoms with Crippen molar-refractivity contribution in [1.82, 2.24) is 4.98 Å². The van der Waals surface area contributed by atoms with Gasteiger partial charge in [0.1, 0.15) is 17.5 Å². The second-order valence-corrected chi connectivity index (χ2v) is 3.84. The number of aromatic nitrogens is 1. The zero-order chi connectivity index (χ0) is 11.5. The van der Waals surface area contributed by atoms with Gasteiger partial charge in [0.25, 0.3) is 0 Å². The summed E-state index contributed by atoms with van der Waals surface area (Å²) in [6.45, 7) is 0. The minimum absolute atomic E-state index is 0.181. The number of hydrogen-bond acceptors (Lipinski definition) is 5. The normalized spacial score (nSPS) is 23.4. The summed E-state index contributed by atoms with van der Waals surface area (Å²) in [6, 6.07) is 3.55. The maximum atomic E-state index is 11.1. The molecule has 0 amide bonds. The van der Waals surface area contributed by atoms with Crippen LogP contribution < -0.4 is 10.5 Å². The molecule has 5 nitrogen and oxygen atoms in total. The maximum absolute atomic E-state index is 11.1. The molecule has 1 aromatic heterocycles. The van der Waals surface area contributed by atoms with Crippen LogP contribution in [0, 0.1) is 0 Å². The van der Waals surface area contributed by atoms with E-state index in [1.807, 2.05) is 0 Å². The number of carbonyl (C=O) groups excluding carboxylic acids is 1. The molecule has 0 aliphatic heterocycles. The zero-order valence-electron chi connectivity index (χ0n) is 9.05. The van der Waals surface area contributed by atoms with Crippen LogP contribution in [0.15, 0.2) is 18.3 Å². The number of nitrogens with two attached hydrogens (primary N) is 1. The standard InChI is InChI=1S/C11H14N2O3/c1-15-11(14)10-3-2-8(6-13-10)16-9-4-7(12)5-9/h2-3,6-7,9H,4-5,12H2,1H3. The number of hydrogen-bond donors (Lipinski definition) is 1. The summed E-state index contributed by atoms with van der Waals surface area (Å²) in [6.07, 6.45) is 3.45. The molecule has 0 unspecified atom stereocenters. The van der Waals surface area contributed by atoms with Crippen molar-refractivity contribution >= 4 is 5.97 Å². The molecule has 1 aromatic rings. The number of rotatable bonds is 3. The number of ether oxygens (including phenoxy) is 2. The van der Waals surface area contributed by atoms with Crippen LogP contribution in [0.4, 0.5) is 0 Å². The van der Waals surface area contributed by atoms with E-state index in [-0.39, 0.29) is 17.8 Å². The maximum Gasteiger partial charge on any atom is 0.356 e. The first-order valence-electron chi connectivity index (χ1n) is 5.15. The molecule has 1 fully saturated rings. The van der Waals surface area contributed by atoms with Crippen molar-refractivity contribution in [3.05, 3.63) is 24.0 Å². The lowest BCUT2D eigenvalue weighted by molar-refractivity contribution is 0.0593. The summed E-state index contributed by atoms with van der Waals surface area (Å²) in [5.74, 6) is 0.210. The highest BCUT2D eigenvalue weighted by Crippen LogP contribution is 2.23. The fraction of sp³-hybridized carbons (Fsp3) is 0.455. The average molecular weight is 222 g/mol. The smallest absolute Gasteiger partial charge is 0.356 e. The van der Waals surface area contributed by atoms with Gasteiger partial charge in [-0.05, 0) is 25.0 Å². The minimum Gasteiger partial charge on any atom is -0.489 e. The first kappa shape index (κ1) is 10.9. The Morgan fingerprint density at radius 3 is 2.75 bits per heavy atom. The number of esters is 1. The first-order chi connectivity index (χ1) is 7.69. The van der Waals surface area contributed by atoms with Gasteiger partial charge in [-0.25, -0.2) is 9.78 Å². The van der Waals surface area contributed by atoms with Gasteiger partial charge in [0.05, 0.1) is 13.3 Å². The monoisotopic (exact) mass is 222 g/mol. The highest BCUT2D eigenvalue weighted by atomic mass is 16.5. The van der Waals surface area contributed by atoms with Crippen LogP contribution in [0.1, 0.15) is 23.3 Å². The highest BCUT2D eigenvalue weighted by Gasteiger charge is 2.27. The molecule has 0 saturated heterocycles. The third kappa shape index (κ3) is 2.30. The first-order valence-corrected chi connectivity index (χ1v) is 5.15. The average Bonchev–Trinajstić information content (AvgIpc) is 2.27. The Kier molecular flexibility index (Phi) is 3.05. The Hall–Kier alpha value is -1.62. The van der Waals surface area contributed by atoms with E-state index in [0.29, 0.717) is 5.75 Å². The van der Waals surface area contributed by atoms with Crippen molar-refractivity contribution in [3.63, 3.8) is 0 Å². The molecule has 0 aromatic carbocycles. The van der Waals surface area contributed by atoms with Crippen LogP contribution in [-0.4, -0.2) is 30.2 Å². The van der Waals surface area contributed by atoms with E-state index >= 15 is 0 Å². The zero-order valence-corrected chi connectivity index (χ0v) is 9.05. The van der Waals surface area contributed by atoms with E-state index in [1.165, 1.54) is 13.3 Å². The van der Waals surface area contributed by atoms with E-state index in [2.05, 4.69) is 9.72 Å². The van der Waals surface area contributed by atoms with Crippen LogP contribution in [0.3, 0.4) is 0 Å². The van der Waals surface area contributed by atoms with Crippen LogP contribution in [0.5, 0.6) is 5.75 Å². The lowest BCUT2D eigenvalue weighted by Crippen LogP contribution is -2.43. The molecule has 86 valence electrons. The topological polar surface area (TPSA) is 74.4 Å². The molecule has 0 bridgehead atoms. The summed E-state index contributed by atoms with van der Waals surface area (Å²) < 4.78 is 10.1. The summed E-state index contributed by atoms with van der Waals surface area (Å²) in [7, 11) is 1.32. The SMILES string of the molecule is COC(=O)c1ccc(OC2CC(N)C2)cn1. The molecule has 16 heavy (non-hydrogen) atoms. The fourth-order valence-corrected chi connectivity index (χ4v) is 1.57. The molecule has 0 atom stereocenters. The van der Waals surface area contributed by atoms with E-state index < -0.39 is 5.97 Å². The van der Waals surface area contributed by atoms with Crippen LogP contribution in [0.2, 0.25) is 0 Å². The van der Waals surface area contributed by atoms with Crippen LogP contribution in [-0.2, 0) is 4.74 Å². The summed E-state index contributed by atoms with van der Waals surface area (Å²) in [4.78, 5) is 15.1. The van der Waals surface area contributed by atoms with Gasteiger partial charge in [0.2, 0.25) is 0 Å². The second-order valence-electron chi connectivity index (χ2n) is 3.84. The van der Waals surface area contributed by atoms with Crippen LogP contribution >= 0.6 is 0 Å². The van der Waals surface area contributed by atoms with Gasteiger partial charge < -0.3 is 15.2 Å². The van der Waals surface area contributed by atoms with Crippen molar-refractivity contribution in [2.75, 3.05) is 7.11 Å². The molecule has 5 heteroatoms. The molecule has 1 saturated carbocycles. The number of methoxy groups -OCH3 is 1. The molecule has 0 radical (unpaired) electrons. The molecule has 1 aliphatic carbocycles. The molecular weight excluding hydrogens is 208 g/mol. The second kappa shape index (κ2) is 4.49. The summed E-state index contributed by atoms with van der Waals surface area (Å²) in [5, 5.41) is 0.